The van der Waals surface area contributed by atoms with E-state index in [4.69, 9.17) is 4.74 Å². The number of ether oxygens (including phenoxy) is 1. The number of carbonyl (C=O) groups excluding carboxylic acids is 1. The Bertz CT molecular complexity index is 1000. The van der Waals surface area contributed by atoms with Crippen LogP contribution in [-0.4, -0.2) is 56.3 Å². The van der Waals surface area contributed by atoms with Crippen molar-refractivity contribution in [2.45, 2.75) is 32.9 Å². The van der Waals surface area contributed by atoms with Gasteiger partial charge in [0.1, 0.15) is 12.3 Å². The standard InChI is InChI=1S/C20H28N4O4S/c1-14-17(15(2)24(22-14)16-9-10-29(26,27)13-16)11-23(3)12-20(25)21-18-7-5-6-8-19(18)28-4/h5-8,16H,9-13H2,1-4H3,(H,21,25)/p+1/t16-/m0/s1. The summed E-state index contributed by atoms with van der Waals surface area (Å²) in [6, 6.07) is 7.21. The van der Waals surface area contributed by atoms with E-state index in [1.54, 1.807) is 19.2 Å². The highest BCUT2D eigenvalue weighted by molar-refractivity contribution is 7.91. The molecule has 2 atom stereocenters. The summed E-state index contributed by atoms with van der Waals surface area (Å²) in [6.07, 6.45) is 0.605. The number of carbonyl (C=O) groups is 1. The molecule has 1 saturated heterocycles. The Morgan fingerprint density at radius 1 is 1.34 bits per heavy atom. The zero-order valence-corrected chi connectivity index (χ0v) is 18.2. The number of benzene rings is 1. The lowest BCUT2D eigenvalue weighted by Crippen LogP contribution is -3.08. The molecule has 0 saturated carbocycles. The van der Waals surface area contributed by atoms with Crippen LogP contribution in [0.15, 0.2) is 24.3 Å². The number of hydrogen-bond donors (Lipinski definition) is 2. The highest BCUT2D eigenvalue weighted by atomic mass is 32.2. The van der Waals surface area contributed by atoms with E-state index in [2.05, 4.69) is 10.4 Å². The van der Waals surface area contributed by atoms with E-state index in [1.165, 1.54) is 0 Å². The van der Waals surface area contributed by atoms with Crippen LogP contribution in [-0.2, 0) is 21.2 Å². The Morgan fingerprint density at radius 3 is 2.72 bits per heavy atom. The van der Waals surface area contributed by atoms with E-state index >= 15 is 0 Å². The number of aryl methyl sites for hydroxylation is 1. The van der Waals surface area contributed by atoms with Gasteiger partial charge >= 0.3 is 0 Å². The maximum absolute atomic E-state index is 12.5. The molecule has 3 rings (SSSR count). The van der Waals surface area contributed by atoms with E-state index in [0.29, 0.717) is 30.9 Å². The summed E-state index contributed by atoms with van der Waals surface area (Å²) in [5, 5.41) is 7.50. The predicted molar refractivity (Wildman–Crippen MR) is 111 cm³/mol. The number of para-hydroxylation sites is 2. The number of sulfone groups is 1. The van der Waals surface area contributed by atoms with Crippen molar-refractivity contribution in [3.63, 3.8) is 0 Å². The topological polar surface area (TPSA) is 94.7 Å². The minimum Gasteiger partial charge on any atom is -0.495 e. The monoisotopic (exact) mass is 421 g/mol. The van der Waals surface area contributed by atoms with E-state index in [0.717, 1.165) is 21.9 Å². The van der Waals surface area contributed by atoms with Gasteiger partial charge in [-0.2, -0.15) is 5.10 Å². The molecule has 2 N–H and O–H groups in total. The molecule has 8 nitrogen and oxygen atoms in total. The second-order valence-corrected chi connectivity index (χ2v) is 9.94. The summed E-state index contributed by atoms with van der Waals surface area (Å²) in [6.45, 7) is 4.84. The van der Waals surface area contributed by atoms with Crippen LogP contribution < -0.4 is 15.0 Å². The Labute approximate surface area is 171 Å². The number of anilines is 1. The van der Waals surface area contributed by atoms with E-state index in [9.17, 15) is 13.2 Å². The van der Waals surface area contributed by atoms with E-state index in [1.807, 2.05) is 37.7 Å². The first kappa shape index (κ1) is 21.3. The van der Waals surface area contributed by atoms with Gasteiger partial charge in [0.05, 0.1) is 48.6 Å². The molecule has 1 fully saturated rings. The fraction of sp³-hybridized carbons (Fsp3) is 0.500. The predicted octanol–water partition coefficient (Wildman–Crippen LogP) is 0.522. The number of rotatable bonds is 7. The Balaban J connectivity index is 1.65. The second kappa shape index (κ2) is 8.54. The molecule has 2 heterocycles. The number of aromatic nitrogens is 2. The van der Waals surface area contributed by atoms with Gasteiger partial charge in [0.15, 0.2) is 16.4 Å². The van der Waals surface area contributed by atoms with Crippen LogP contribution in [0.1, 0.15) is 29.4 Å². The molecular formula is C20H29N4O4S+. The van der Waals surface area contributed by atoms with Crippen molar-refractivity contribution in [3.05, 3.63) is 41.2 Å². The molecule has 1 aromatic heterocycles. The van der Waals surface area contributed by atoms with Crippen LogP contribution in [0.2, 0.25) is 0 Å². The lowest BCUT2D eigenvalue weighted by Gasteiger charge is -2.16. The van der Waals surface area contributed by atoms with Crippen molar-refractivity contribution >= 4 is 21.4 Å². The average Bonchev–Trinajstić information content (AvgIpc) is 3.15. The maximum Gasteiger partial charge on any atom is 0.279 e. The van der Waals surface area contributed by atoms with Crippen LogP contribution in [0.25, 0.3) is 0 Å². The number of methoxy groups -OCH3 is 1. The van der Waals surface area contributed by atoms with Crippen LogP contribution in [0.3, 0.4) is 0 Å². The zero-order chi connectivity index (χ0) is 21.2. The molecule has 1 aromatic carbocycles. The van der Waals surface area contributed by atoms with Crippen LogP contribution >= 0.6 is 0 Å². The fourth-order valence-corrected chi connectivity index (χ4v) is 5.55. The molecule has 158 valence electrons. The van der Waals surface area contributed by atoms with Crippen molar-refractivity contribution in [1.82, 2.24) is 9.78 Å². The van der Waals surface area contributed by atoms with Crippen molar-refractivity contribution in [2.75, 3.05) is 37.5 Å². The van der Waals surface area contributed by atoms with Gasteiger partial charge in [-0.3, -0.25) is 9.48 Å². The van der Waals surface area contributed by atoms with Crippen LogP contribution in [0.5, 0.6) is 5.75 Å². The lowest BCUT2D eigenvalue weighted by molar-refractivity contribution is -0.885. The number of quaternary nitrogens is 1. The summed E-state index contributed by atoms with van der Waals surface area (Å²) in [5.74, 6) is 0.896. The van der Waals surface area contributed by atoms with Crippen molar-refractivity contribution < 1.29 is 22.8 Å². The first-order valence-electron chi connectivity index (χ1n) is 9.69. The molecule has 0 radical (unpaired) electrons. The largest absolute Gasteiger partial charge is 0.495 e. The van der Waals surface area contributed by atoms with Gasteiger partial charge in [-0.1, -0.05) is 12.1 Å². The van der Waals surface area contributed by atoms with Gasteiger partial charge in [0, 0.05) is 5.69 Å². The molecule has 0 spiro atoms. The molecule has 1 aliphatic heterocycles. The van der Waals surface area contributed by atoms with Gasteiger partial charge in [0.25, 0.3) is 5.91 Å². The second-order valence-electron chi connectivity index (χ2n) is 7.71. The van der Waals surface area contributed by atoms with Crippen molar-refractivity contribution in [1.29, 1.82) is 0 Å². The molecule has 1 aliphatic rings. The number of nitrogens with one attached hydrogen (secondary N) is 2. The Morgan fingerprint density at radius 2 is 2.07 bits per heavy atom. The Kier molecular flexibility index (Phi) is 6.28. The number of amides is 1. The van der Waals surface area contributed by atoms with Crippen LogP contribution in [0.4, 0.5) is 5.69 Å². The van der Waals surface area contributed by atoms with Gasteiger partial charge in [-0.15, -0.1) is 0 Å². The highest BCUT2D eigenvalue weighted by Crippen LogP contribution is 2.26. The van der Waals surface area contributed by atoms with Gasteiger partial charge in [-0.05, 0) is 32.4 Å². The molecule has 1 amide bonds. The summed E-state index contributed by atoms with van der Waals surface area (Å²) in [4.78, 5) is 13.5. The van der Waals surface area contributed by atoms with Crippen molar-refractivity contribution in [3.8, 4) is 5.75 Å². The molecule has 29 heavy (non-hydrogen) atoms. The molecule has 2 aromatic rings. The minimum atomic E-state index is -2.97. The third kappa shape index (κ3) is 4.97. The number of likely N-dealkylation sites (N-methyl/N-ethyl adjacent to an activating group) is 1. The minimum absolute atomic E-state index is 0.0957. The molecule has 0 bridgehead atoms. The molecule has 0 aliphatic carbocycles. The summed E-state index contributed by atoms with van der Waals surface area (Å²) >= 11 is 0. The maximum atomic E-state index is 12.5. The highest BCUT2D eigenvalue weighted by Gasteiger charge is 2.32. The van der Waals surface area contributed by atoms with Gasteiger partial charge in [0.2, 0.25) is 0 Å². The number of hydrogen-bond acceptors (Lipinski definition) is 5. The summed E-state index contributed by atoms with van der Waals surface area (Å²) < 4.78 is 30.8. The third-order valence-corrected chi connectivity index (χ3v) is 7.10. The molecular weight excluding hydrogens is 392 g/mol. The summed E-state index contributed by atoms with van der Waals surface area (Å²) in [7, 11) is 0.559. The quantitative estimate of drug-likeness (QED) is 0.680. The van der Waals surface area contributed by atoms with E-state index < -0.39 is 9.84 Å². The molecule has 1 unspecified atom stereocenters. The molecule has 9 heteroatoms. The SMILES string of the molecule is COc1ccccc1NC(=O)C[NH+](C)Cc1c(C)nn([C@H]2CCS(=O)(=O)C2)c1C. The average molecular weight is 422 g/mol. The smallest absolute Gasteiger partial charge is 0.279 e. The fourth-order valence-electron chi connectivity index (χ4n) is 3.86. The first-order valence-corrected chi connectivity index (χ1v) is 11.5. The Hall–Kier alpha value is -2.39. The van der Waals surface area contributed by atoms with E-state index in [-0.39, 0.29) is 23.5 Å². The zero-order valence-electron chi connectivity index (χ0n) is 17.4. The van der Waals surface area contributed by atoms with Gasteiger partial charge in [-0.25, -0.2) is 8.42 Å². The first-order chi connectivity index (χ1) is 13.7. The third-order valence-electron chi connectivity index (χ3n) is 5.35. The normalized spacial score (nSPS) is 19.1. The van der Waals surface area contributed by atoms with Gasteiger partial charge < -0.3 is 15.0 Å². The lowest BCUT2D eigenvalue weighted by atomic mass is 10.1. The van der Waals surface area contributed by atoms with Crippen LogP contribution in [0, 0.1) is 13.8 Å². The summed E-state index contributed by atoms with van der Waals surface area (Å²) in [5.41, 5.74) is 3.58. The van der Waals surface area contributed by atoms with Crippen molar-refractivity contribution in [2.24, 2.45) is 0 Å². The number of nitrogens with zero attached hydrogens (tertiary/aromatic N) is 2.